The summed E-state index contributed by atoms with van der Waals surface area (Å²) in [6.45, 7) is 5.06. The Balaban J connectivity index is 1.67. The van der Waals surface area contributed by atoms with Gasteiger partial charge in [0.1, 0.15) is 6.10 Å². The lowest BCUT2D eigenvalue weighted by Gasteiger charge is -2.21. The third-order valence-electron chi connectivity index (χ3n) is 3.18. The molecule has 1 spiro atoms. The Kier molecular flexibility index (Phi) is 4.02. The quantitative estimate of drug-likeness (QED) is 0.725. The number of carbonyl (C=O) groups excluding carboxylic acids is 1. The molecule has 5 heteroatoms. The number of hydrogen-bond acceptors (Lipinski definition) is 3. The molecule has 1 aliphatic heterocycles. The van der Waals surface area contributed by atoms with E-state index in [0.29, 0.717) is 19.7 Å². The van der Waals surface area contributed by atoms with Crippen LogP contribution < -0.4 is 10.6 Å². The molecule has 2 rings (SSSR count). The number of rotatable bonds is 4. The van der Waals surface area contributed by atoms with Gasteiger partial charge in [-0.25, -0.2) is 4.79 Å². The highest BCUT2D eigenvalue weighted by Gasteiger charge is 2.43. The third kappa shape index (κ3) is 3.20. The van der Waals surface area contributed by atoms with Crippen LogP contribution in [0.15, 0.2) is 12.7 Å². The molecule has 0 bridgehead atoms. The summed E-state index contributed by atoms with van der Waals surface area (Å²) in [7, 11) is 0. The van der Waals surface area contributed by atoms with Crippen molar-refractivity contribution in [3.8, 4) is 0 Å². The number of ether oxygens (including phenoxy) is 2. The number of hydrogen-bond donors (Lipinski definition) is 2. The molecule has 1 heterocycles. The van der Waals surface area contributed by atoms with Crippen LogP contribution in [0.4, 0.5) is 4.79 Å². The summed E-state index contributed by atoms with van der Waals surface area (Å²) in [4.78, 5) is 11.3. The van der Waals surface area contributed by atoms with Crippen LogP contribution in [0.5, 0.6) is 0 Å². The Morgan fingerprint density at radius 1 is 1.41 bits per heavy atom. The molecule has 1 unspecified atom stereocenters. The normalized spacial score (nSPS) is 26.0. The molecule has 1 saturated heterocycles. The standard InChI is InChI=1S/C12H20N2O3/c1-2-7-13-11(15)14-8-10-9-16-12(17-10)5-3-4-6-12/h2,10H,1,3-9H2,(H2,13,14,15). The Morgan fingerprint density at radius 3 is 2.88 bits per heavy atom. The number of nitrogens with one attached hydrogen (secondary N) is 2. The van der Waals surface area contributed by atoms with Crippen LogP contribution in [0.1, 0.15) is 25.7 Å². The van der Waals surface area contributed by atoms with Crippen molar-refractivity contribution in [2.24, 2.45) is 0 Å². The van der Waals surface area contributed by atoms with E-state index < -0.39 is 0 Å². The fraction of sp³-hybridized carbons (Fsp3) is 0.750. The van der Waals surface area contributed by atoms with Crippen molar-refractivity contribution in [2.75, 3.05) is 19.7 Å². The minimum Gasteiger partial charge on any atom is -0.347 e. The van der Waals surface area contributed by atoms with E-state index in [9.17, 15) is 4.79 Å². The van der Waals surface area contributed by atoms with Gasteiger partial charge >= 0.3 is 6.03 Å². The van der Waals surface area contributed by atoms with Crippen molar-refractivity contribution in [3.63, 3.8) is 0 Å². The Hall–Kier alpha value is -1.07. The molecular formula is C12H20N2O3. The minimum absolute atomic E-state index is 0.0254. The molecule has 96 valence electrons. The molecule has 0 aromatic heterocycles. The third-order valence-corrected chi connectivity index (χ3v) is 3.18. The van der Waals surface area contributed by atoms with E-state index in [2.05, 4.69) is 17.2 Å². The van der Waals surface area contributed by atoms with E-state index in [1.165, 1.54) is 12.8 Å². The smallest absolute Gasteiger partial charge is 0.315 e. The molecule has 5 nitrogen and oxygen atoms in total. The predicted molar refractivity (Wildman–Crippen MR) is 63.6 cm³/mol. The van der Waals surface area contributed by atoms with E-state index in [1.54, 1.807) is 6.08 Å². The molecule has 2 fully saturated rings. The van der Waals surface area contributed by atoms with Gasteiger partial charge in [0.05, 0.1) is 6.61 Å². The van der Waals surface area contributed by atoms with Crippen LogP contribution in [-0.2, 0) is 9.47 Å². The molecule has 17 heavy (non-hydrogen) atoms. The molecule has 1 aliphatic carbocycles. The molecule has 0 aromatic carbocycles. The molecule has 1 saturated carbocycles. The average Bonchev–Trinajstić information content (AvgIpc) is 2.95. The van der Waals surface area contributed by atoms with Crippen molar-refractivity contribution in [1.82, 2.24) is 10.6 Å². The van der Waals surface area contributed by atoms with E-state index in [4.69, 9.17) is 9.47 Å². The van der Waals surface area contributed by atoms with Crippen molar-refractivity contribution in [2.45, 2.75) is 37.6 Å². The summed E-state index contributed by atoms with van der Waals surface area (Å²) < 4.78 is 11.6. The van der Waals surface area contributed by atoms with Crippen molar-refractivity contribution in [1.29, 1.82) is 0 Å². The highest BCUT2D eigenvalue weighted by molar-refractivity contribution is 5.73. The molecule has 1 atom stereocenters. The van der Waals surface area contributed by atoms with E-state index >= 15 is 0 Å². The number of amides is 2. The van der Waals surface area contributed by atoms with Gasteiger partial charge in [-0.05, 0) is 12.8 Å². The summed E-state index contributed by atoms with van der Waals surface area (Å²) in [5.41, 5.74) is 0. The molecule has 2 aliphatic rings. The summed E-state index contributed by atoms with van der Waals surface area (Å²) in [6, 6.07) is -0.194. The first-order valence-electron chi connectivity index (χ1n) is 6.18. The largest absolute Gasteiger partial charge is 0.347 e. The van der Waals surface area contributed by atoms with Crippen molar-refractivity contribution < 1.29 is 14.3 Å². The lowest BCUT2D eigenvalue weighted by Crippen LogP contribution is -2.41. The molecular weight excluding hydrogens is 220 g/mol. The maximum atomic E-state index is 11.3. The zero-order valence-corrected chi connectivity index (χ0v) is 10.0. The first-order valence-corrected chi connectivity index (χ1v) is 6.18. The van der Waals surface area contributed by atoms with Gasteiger partial charge in [-0.15, -0.1) is 6.58 Å². The molecule has 0 radical (unpaired) electrons. The van der Waals surface area contributed by atoms with Gasteiger partial charge in [0.25, 0.3) is 0 Å². The maximum Gasteiger partial charge on any atom is 0.315 e. The zero-order chi connectivity index (χ0) is 12.1. The van der Waals surface area contributed by atoms with Crippen LogP contribution in [-0.4, -0.2) is 37.6 Å². The van der Waals surface area contributed by atoms with Gasteiger partial charge in [0.2, 0.25) is 0 Å². The number of carbonyl (C=O) groups is 1. The maximum absolute atomic E-state index is 11.3. The topological polar surface area (TPSA) is 59.6 Å². The Morgan fingerprint density at radius 2 is 2.18 bits per heavy atom. The summed E-state index contributed by atoms with van der Waals surface area (Å²) in [6.07, 6.45) is 5.91. The summed E-state index contributed by atoms with van der Waals surface area (Å²) in [5.74, 6) is -0.343. The molecule has 0 aromatic rings. The second kappa shape index (κ2) is 5.51. The Labute approximate surface area is 102 Å². The molecule has 2 amide bonds. The van der Waals surface area contributed by atoms with Gasteiger partial charge in [-0.2, -0.15) is 0 Å². The Bertz CT molecular complexity index is 287. The van der Waals surface area contributed by atoms with Crippen LogP contribution in [0.25, 0.3) is 0 Å². The van der Waals surface area contributed by atoms with E-state index in [-0.39, 0.29) is 17.9 Å². The minimum atomic E-state index is -0.343. The van der Waals surface area contributed by atoms with Gasteiger partial charge < -0.3 is 20.1 Å². The predicted octanol–water partition coefficient (Wildman–Crippen LogP) is 1.16. The van der Waals surface area contributed by atoms with Gasteiger partial charge in [-0.1, -0.05) is 6.08 Å². The highest BCUT2D eigenvalue weighted by atomic mass is 16.7. The fourth-order valence-electron chi connectivity index (χ4n) is 2.33. The van der Waals surface area contributed by atoms with Crippen LogP contribution >= 0.6 is 0 Å². The summed E-state index contributed by atoms with van der Waals surface area (Å²) >= 11 is 0. The summed E-state index contributed by atoms with van der Waals surface area (Å²) in [5, 5.41) is 5.42. The second-order valence-electron chi connectivity index (χ2n) is 4.55. The molecule has 2 N–H and O–H groups in total. The number of urea groups is 1. The lowest BCUT2D eigenvalue weighted by molar-refractivity contribution is -0.160. The second-order valence-corrected chi connectivity index (χ2v) is 4.55. The van der Waals surface area contributed by atoms with Crippen LogP contribution in [0.2, 0.25) is 0 Å². The van der Waals surface area contributed by atoms with Crippen molar-refractivity contribution in [3.05, 3.63) is 12.7 Å². The first-order chi connectivity index (χ1) is 8.24. The van der Waals surface area contributed by atoms with E-state index in [1.807, 2.05) is 0 Å². The zero-order valence-electron chi connectivity index (χ0n) is 10.0. The SMILES string of the molecule is C=CCNC(=O)NCC1COC2(CCCC2)O1. The van der Waals surface area contributed by atoms with Gasteiger partial charge in [0.15, 0.2) is 5.79 Å². The first kappa shape index (κ1) is 12.4. The fourth-order valence-corrected chi connectivity index (χ4v) is 2.33. The van der Waals surface area contributed by atoms with Gasteiger partial charge in [0, 0.05) is 25.9 Å². The lowest BCUT2D eigenvalue weighted by atomic mass is 10.2. The van der Waals surface area contributed by atoms with E-state index in [0.717, 1.165) is 12.8 Å². The van der Waals surface area contributed by atoms with Crippen LogP contribution in [0, 0.1) is 0 Å². The highest BCUT2D eigenvalue weighted by Crippen LogP contribution is 2.38. The van der Waals surface area contributed by atoms with Crippen LogP contribution in [0.3, 0.4) is 0 Å². The monoisotopic (exact) mass is 240 g/mol. The van der Waals surface area contributed by atoms with Crippen molar-refractivity contribution >= 4 is 6.03 Å². The average molecular weight is 240 g/mol. The van der Waals surface area contributed by atoms with Gasteiger partial charge in [-0.3, -0.25) is 0 Å².